The summed E-state index contributed by atoms with van der Waals surface area (Å²) in [6.45, 7) is 3.80. The van der Waals surface area contributed by atoms with Crippen LogP contribution < -0.4 is 10.6 Å². The minimum absolute atomic E-state index is 0.0714. The van der Waals surface area contributed by atoms with Gasteiger partial charge in [-0.1, -0.05) is 6.92 Å². The highest BCUT2D eigenvalue weighted by Gasteiger charge is 2.29. The van der Waals surface area contributed by atoms with Gasteiger partial charge in [0.1, 0.15) is 0 Å². The van der Waals surface area contributed by atoms with Crippen LogP contribution in [0, 0.1) is 11.8 Å². The molecule has 0 bridgehead atoms. The number of thiazole rings is 1. The van der Waals surface area contributed by atoms with Crippen molar-refractivity contribution in [1.29, 1.82) is 0 Å². The molecule has 1 aliphatic rings. The van der Waals surface area contributed by atoms with E-state index in [2.05, 4.69) is 22.5 Å². The van der Waals surface area contributed by atoms with Gasteiger partial charge in [-0.05, 0) is 30.7 Å². The third-order valence-corrected chi connectivity index (χ3v) is 4.24. The maximum Gasteiger partial charge on any atom is 0.229 e. The molecule has 4 nitrogen and oxygen atoms in total. The van der Waals surface area contributed by atoms with Crippen LogP contribution in [0.3, 0.4) is 0 Å². The lowest BCUT2D eigenvalue weighted by molar-refractivity contribution is -0.120. The maximum absolute atomic E-state index is 12.1. The second-order valence-corrected chi connectivity index (χ2v) is 5.65. The zero-order chi connectivity index (χ0) is 12.5. The first kappa shape index (κ1) is 11.6. The number of carbonyl (C=O) groups is 1. The molecule has 1 aromatic heterocycles. The van der Waals surface area contributed by atoms with Crippen LogP contribution in [-0.4, -0.2) is 24.0 Å². The van der Waals surface area contributed by atoms with Crippen molar-refractivity contribution in [2.45, 2.75) is 6.92 Å². The largest absolute Gasteiger partial charge is 0.326 e. The average molecular weight is 261 g/mol. The molecular formula is C13H15N3OS. The highest BCUT2D eigenvalue weighted by Crippen LogP contribution is 2.23. The molecule has 1 amide bonds. The Labute approximate surface area is 109 Å². The van der Waals surface area contributed by atoms with Crippen molar-refractivity contribution in [2.24, 2.45) is 11.8 Å². The van der Waals surface area contributed by atoms with Gasteiger partial charge in [0.2, 0.25) is 5.91 Å². The fourth-order valence-corrected chi connectivity index (χ4v) is 3.05. The number of rotatable bonds is 2. The standard InChI is InChI=1S/C13H15N3OS/c1-8-5-14-6-10(8)13(17)16-9-2-3-11-12(4-9)18-7-15-11/h2-4,7-8,10,14H,5-6H2,1H3,(H,16,17). The number of aromatic nitrogens is 1. The molecule has 1 fully saturated rings. The first-order chi connectivity index (χ1) is 8.74. The third-order valence-electron chi connectivity index (χ3n) is 3.45. The maximum atomic E-state index is 12.1. The molecule has 3 rings (SSSR count). The summed E-state index contributed by atoms with van der Waals surface area (Å²) in [6.07, 6.45) is 0. The molecule has 2 N–H and O–H groups in total. The fourth-order valence-electron chi connectivity index (χ4n) is 2.33. The van der Waals surface area contributed by atoms with Crippen LogP contribution in [0.2, 0.25) is 0 Å². The van der Waals surface area contributed by atoms with Crippen LogP contribution in [0.25, 0.3) is 10.2 Å². The number of nitrogens with one attached hydrogen (secondary N) is 2. The number of anilines is 1. The minimum Gasteiger partial charge on any atom is -0.326 e. The summed E-state index contributed by atoms with van der Waals surface area (Å²) < 4.78 is 1.10. The fraction of sp³-hybridized carbons (Fsp3) is 0.385. The Balaban J connectivity index is 1.77. The van der Waals surface area contributed by atoms with Gasteiger partial charge in [-0.15, -0.1) is 11.3 Å². The van der Waals surface area contributed by atoms with E-state index in [1.807, 2.05) is 23.7 Å². The summed E-state index contributed by atoms with van der Waals surface area (Å²) in [5.74, 6) is 0.579. The summed E-state index contributed by atoms with van der Waals surface area (Å²) in [4.78, 5) is 16.4. The molecule has 2 unspecified atom stereocenters. The Morgan fingerprint density at radius 2 is 2.39 bits per heavy atom. The van der Waals surface area contributed by atoms with Gasteiger partial charge in [0, 0.05) is 12.2 Å². The summed E-state index contributed by atoms with van der Waals surface area (Å²) in [7, 11) is 0. The number of nitrogens with zero attached hydrogens (tertiary/aromatic N) is 1. The van der Waals surface area contributed by atoms with Crippen LogP contribution in [-0.2, 0) is 4.79 Å². The van der Waals surface area contributed by atoms with E-state index in [4.69, 9.17) is 0 Å². The van der Waals surface area contributed by atoms with Gasteiger partial charge in [0.15, 0.2) is 0 Å². The van der Waals surface area contributed by atoms with Crippen LogP contribution in [0.4, 0.5) is 5.69 Å². The molecular weight excluding hydrogens is 246 g/mol. The molecule has 1 aromatic carbocycles. The smallest absolute Gasteiger partial charge is 0.229 e. The lowest BCUT2D eigenvalue weighted by Crippen LogP contribution is -2.27. The number of fused-ring (bicyclic) bond motifs is 1. The van der Waals surface area contributed by atoms with Crippen LogP contribution >= 0.6 is 11.3 Å². The Kier molecular flexibility index (Phi) is 3.01. The number of carbonyl (C=O) groups excluding carboxylic acids is 1. The van der Waals surface area contributed by atoms with E-state index in [-0.39, 0.29) is 11.8 Å². The second-order valence-electron chi connectivity index (χ2n) is 4.77. The number of hydrogen-bond acceptors (Lipinski definition) is 4. The Morgan fingerprint density at radius 1 is 1.50 bits per heavy atom. The van der Waals surface area contributed by atoms with E-state index in [1.54, 1.807) is 11.3 Å². The Bertz CT molecular complexity index is 580. The van der Waals surface area contributed by atoms with E-state index in [1.165, 1.54) is 0 Å². The summed E-state index contributed by atoms with van der Waals surface area (Å²) in [5.41, 5.74) is 3.66. The van der Waals surface area contributed by atoms with E-state index >= 15 is 0 Å². The molecule has 2 atom stereocenters. The van der Waals surface area contributed by atoms with Gasteiger partial charge in [-0.2, -0.15) is 0 Å². The van der Waals surface area contributed by atoms with Gasteiger partial charge < -0.3 is 10.6 Å². The Hall–Kier alpha value is -1.46. The summed E-state index contributed by atoms with van der Waals surface area (Å²) in [5, 5.41) is 6.24. The molecule has 5 heteroatoms. The second kappa shape index (κ2) is 4.66. The molecule has 18 heavy (non-hydrogen) atoms. The molecule has 1 aliphatic heterocycles. The van der Waals surface area contributed by atoms with Crippen molar-refractivity contribution in [2.75, 3.05) is 18.4 Å². The molecule has 0 spiro atoms. The average Bonchev–Trinajstić information content (AvgIpc) is 2.96. The van der Waals surface area contributed by atoms with Crippen LogP contribution in [0.5, 0.6) is 0 Å². The number of amides is 1. The van der Waals surface area contributed by atoms with Crippen molar-refractivity contribution in [3.8, 4) is 0 Å². The lowest BCUT2D eigenvalue weighted by Gasteiger charge is -2.14. The summed E-state index contributed by atoms with van der Waals surface area (Å²) >= 11 is 1.59. The van der Waals surface area contributed by atoms with Crippen LogP contribution in [0.1, 0.15) is 6.92 Å². The van der Waals surface area contributed by atoms with E-state index in [0.717, 1.165) is 29.0 Å². The van der Waals surface area contributed by atoms with Gasteiger partial charge in [0.25, 0.3) is 0 Å². The van der Waals surface area contributed by atoms with Gasteiger partial charge in [0.05, 0.1) is 21.6 Å². The monoisotopic (exact) mass is 261 g/mol. The first-order valence-electron chi connectivity index (χ1n) is 6.09. The molecule has 94 valence electrons. The number of benzene rings is 1. The first-order valence-corrected chi connectivity index (χ1v) is 6.97. The number of hydrogen-bond donors (Lipinski definition) is 2. The summed E-state index contributed by atoms with van der Waals surface area (Å²) in [6, 6.07) is 5.84. The van der Waals surface area contributed by atoms with Crippen molar-refractivity contribution >= 4 is 33.1 Å². The molecule has 2 heterocycles. The lowest BCUT2D eigenvalue weighted by atomic mass is 9.97. The van der Waals surface area contributed by atoms with Crippen molar-refractivity contribution in [3.05, 3.63) is 23.7 Å². The Morgan fingerprint density at radius 3 is 3.17 bits per heavy atom. The zero-order valence-electron chi connectivity index (χ0n) is 10.1. The third kappa shape index (κ3) is 2.11. The molecule has 0 radical (unpaired) electrons. The van der Waals surface area contributed by atoms with E-state index in [9.17, 15) is 4.79 Å². The van der Waals surface area contributed by atoms with Crippen molar-refractivity contribution < 1.29 is 4.79 Å². The SMILES string of the molecule is CC1CNCC1C(=O)Nc1ccc2ncsc2c1. The van der Waals surface area contributed by atoms with Gasteiger partial charge >= 0.3 is 0 Å². The predicted molar refractivity (Wildman–Crippen MR) is 73.8 cm³/mol. The minimum atomic E-state index is 0.0714. The molecule has 1 saturated heterocycles. The van der Waals surface area contributed by atoms with E-state index in [0.29, 0.717) is 5.92 Å². The van der Waals surface area contributed by atoms with Gasteiger partial charge in [-0.25, -0.2) is 4.98 Å². The van der Waals surface area contributed by atoms with Crippen molar-refractivity contribution in [3.63, 3.8) is 0 Å². The molecule has 0 aliphatic carbocycles. The molecule has 2 aromatic rings. The van der Waals surface area contributed by atoms with Gasteiger partial charge in [-0.3, -0.25) is 4.79 Å². The van der Waals surface area contributed by atoms with Crippen molar-refractivity contribution in [1.82, 2.24) is 10.3 Å². The predicted octanol–water partition coefficient (Wildman–Crippen LogP) is 2.09. The molecule has 0 saturated carbocycles. The normalized spacial score (nSPS) is 23.4. The topological polar surface area (TPSA) is 54.0 Å². The zero-order valence-corrected chi connectivity index (χ0v) is 11.0. The highest BCUT2D eigenvalue weighted by atomic mass is 32.1. The quantitative estimate of drug-likeness (QED) is 0.870. The highest BCUT2D eigenvalue weighted by molar-refractivity contribution is 7.16. The van der Waals surface area contributed by atoms with E-state index < -0.39 is 0 Å². The van der Waals surface area contributed by atoms with Crippen LogP contribution in [0.15, 0.2) is 23.7 Å².